The Morgan fingerprint density at radius 3 is 2.89 bits per heavy atom. The predicted octanol–water partition coefficient (Wildman–Crippen LogP) is 0.772. The van der Waals surface area contributed by atoms with Gasteiger partial charge in [-0.2, -0.15) is 4.98 Å². The van der Waals surface area contributed by atoms with Gasteiger partial charge in [-0.1, -0.05) is 23.8 Å². The van der Waals surface area contributed by atoms with Crippen molar-refractivity contribution in [2.75, 3.05) is 7.05 Å². The molecule has 0 bridgehead atoms. The van der Waals surface area contributed by atoms with Crippen molar-refractivity contribution >= 4 is 11.8 Å². The highest BCUT2D eigenvalue weighted by molar-refractivity contribution is 7.98. The first-order valence-electron chi connectivity index (χ1n) is 5.71. The van der Waals surface area contributed by atoms with Gasteiger partial charge in [0.2, 0.25) is 5.89 Å². The molecule has 0 unspecified atom stereocenters. The van der Waals surface area contributed by atoms with Gasteiger partial charge in [0.05, 0.1) is 12.3 Å². The van der Waals surface area contributed by atoms with E-state index < -0.39 is 0 Å². The van der Waals surface area contributed by atoms with Gasteiger partial charge >= 0.3 is 0 Å². The molecular formula is C10H16N6OS. The Balaban J connectivity index is 1.97. The predicted molar refractivity (Wildman–Crippen MR) is 67.0 cm³/mol. The molecule has 0 aliphatic carbocycles. The van der Waals surface area contributed by atoms with E-state index in [-0.39, 0.29) is 0 Å². The maximum Gasteiger partial charge on any atom is 0.226 e. The second-order valence-corrected chi connectivity index (χ2v) is 4.68. The van der Waals surface area contributed by atoms with E-state index in [1.807, 2.05) is 25.6 Å². The average molecular weight is 268 g/mol. The average Bonchev–Trinajstić information content (AvgIpc) is 2.96. The maximum absolute atomic E-state index is 5.05. The number of hydrogen-bond donors (Lipinski definition) is 1. The topological polar surface area (TPSA) is 81.7 Å². The van der Waals surface area contributed by atoms with Crippen molar-refractivity contribution in [1.82, 2.24) is 30.2 Å². The lowest BCUT2D eigenvalue weighted by molar-refractivity contribution is 0.378. The molecule has 7 nitrogen and oxygen atoms in total. The van der Waals surface area contributed by atoms with Crippen LogP contribution in [0.3, 0.4) is 0 Å². The van der Waals surface area contributed by atoms with E-state index in [2.05, 4.69) is 25.7 Å². The van der Waals surface area contributed by atoms with E-state index in [1.165, 1.54) is 0 Å². The molecule has 8 heteroatoms. The molecule has 0 atom stereocenters. The normalized spacial score (nSPS) is 11.1. The molecule has 0 saturated carbocycles. The van der Waals surface area contributed by atoms with Gasteiger partial charge in [-0.3, -0.25) is 0 Å². The van der Waals surface area contributed by atoms with Crippen LogP contribution in [-0.4, -0.2) is 32.0 Å². The summed E-state index contributed by atoms with van der Waals surface area (Å²) in [5.41, 5.74) is 0. The van der Waals surface area contributed by atoms with Gasteiger partial charge < -0.3 is 14.4 Å². The van der Waals surface area contributed by atoms with Crippen molar-refractivity contribution in [2.45, 2.75) is 30.8 Å². The second-order valence-electron chi connectivity index (χ2n) is 3.73. The summed E-state index contributed by atoms with van der Waals surface area (Å²) < 4.78 is 7.01. The Morgan fingerprint density at radius 1 is 1.39 bits per heavy atom. The molecule has 1 N–H and O–H groups in total. The van der Waals surface area contributed by atoms with Crippen LogP contribution >= 0.6 is 11.8 Å². The van der Waals surface area contributed by atoms with Crippen LogP contribution in [0.4, 0.5) is 0 Å². The van der Waals surface area contributed by atoms with Gasteiger partial charge in [-0.25, -0.2) is 0 Å². The molecule has 18 heavy (non-hydrogen) atoms. The van der Waals surface area contributed by atoms with Gasteiger partial charge in [-0.15, -0.1) is 10.2 Å². The SMILES string of the molecule is CCc1nc(CSc2nnc(CNC)n2C)no1. The molecule has 2 aromatic heterocycles. The van der Waals surface area contributed by atoms with Crippen LogP contribution < -0.4 is 5.32 Å². The zero-order valence-electron chi connectivity index (χ0n) is 10.7. The molecule has 0 aromatic carbocycles. The van der Waals surface area contributed by atoms with Crippen LogP contribution in [0.2, 0.25) is 0 Å². The van der Waals surface area contributed by atoms with Gasteiger partial charge in [0.25, 0.3) is 0 Å². The lowest BCUT2D eigenvalue weighted by Crippen LogP contribution is -2.10. The van der Waals surface area contributed by atoms with E-state index >= 15 is 0 Å². The molecule has 0 amide bonds. The van der Waals surface area contributed by atoms with E-state index in [9.17, 15) is 0 Å². The van der Waals surface area contributed by atoms with Gasteiger partial charge in [0.15, 0.2) is 11.0 Å². The van der Waals surface area contributed by atoms with E-state index in [0.29, 0.717) is 24.0 Å². The summed E-state index contributed by atoms with van der Waals surface area (Å²) >= 11 is 1.55. The van der Waals surface area contributed by atoms with Crippen LogP contribution in [0, 0.1) is 0 Å². The van der Waals surface area contributed by atoms with Crippen LogP contribution in [-0.2, 0) is 25.8 Å². The highest BCUT2D eigenvalue weighted by atomic mass is 32.2. The quantitative estimate of drug-likeness (QED) is 0.775. The molecular weight excluding hydrogens is 252 g/mol. The molecule has 0 aliphatic heterocycles. The summed E-state index contributed by atoms with van der Waals surface area (Å²) in [5.74, 6) is 2.89. The van der Waals surface area contributed by atoms with Crippen molar-refractivity contribution in [2.24, 2.45) is 7.05 Å². The number of aromatic nitrogens is 5. The maximum atomic E-state index is 5.05. The Labute approximate surface area is 109 Å². The molecule has 0 radical (unpaired) electrons. The number of nitrogens with zero attached hydrogens (tertiary/aromatic N) is 5. The summed E-state index contributed by atoms with van der Waals surface area (Å²) in [5, 5.41) is 16.0. The Morgan fingerprint density at radius 2 is 2.22 bits per heavy atom. The van der Waals surface area contributed by atoms with Crippen molar-refractivity contribution in [3.63, 3.8) is 0 Å². The van der Waals surface area contributed by atoms with E-state index in [1.54, 1.807) is 11.8 Å². The van der Waals surface area contributed by atoms with Crippen molar-refractivity contribution in [1.29, 1.82) is 0 Å². The Bertz CT molecular complexity index is 508. The molecule has 2 heterocycles. The van der Waals surface area contributed by atoms with E-state index in [4.69, 9.17) is 4.52 Å². The fraction of sp³-hybridized carbons (Fsp3) is 0.600. The fourth-order valence-corrected chi connectivity index (χ4v) is 2.18. The molecule has 2 aromatic rings. The van der Waals surface area contributed by atoms with Gasteiger partial charge in [0.1, 0.15) is 5.82 Å². The first kappa shape index (κ1) is 13.0. The monoisotopic (exact) mass is 268 g/mol. The van der Waals surface area contributed by atoms with Crippen LogP contribution in [0.5, 0.6) is 0 Å². The smallest absolute Gasteiger partial charge is 0.226 e. The van der Waals surface area contributed by atoms with E-state index in [0.717, 1.165) is 17.4 Å². The minimum absolute atomic E-state index is 0.634. The van der Waals surface area contributed by atoms with Gasteiger partial charge in [-0.05, 0) is 7.05 Å². The van der Waals surface area contributed by atoms with Crippen LogP contribution in [0.1, 0.15) is 24.5 Å². The van der Waals surface area contributed by atoms with Crippen molar-refractivity contribution in [3.8, 4) is 0 Å². The minimum Gasteiger partial charge on any atom is -0.339 e. The van der Waals surface area contributed by atoms with Crippen LogP contribution in [0.15, 0.2) is 9.68 Å². The summed E-state index contributed by atoms with van der Waals surface area (Å²) in [6, 6.07) is 0. The summed E-state index contributed by atoms with van der Waals surface area (Å²) in [4.78, 5) is 4.25. The van der Waals surface area contributed by atoms with Gasteiger partial charge in [0, 0.05) is 13.5 Å². The molecule has 0 fully saturated rings. The number of hydrogen-bond acceptors (Lipinski definition) is 7. The standard InChI is InChI=1S/C10H16N6OS/c1-4-9-12-7(15-17-9)6-18-10-14-13-8(5-11-2)16(10)3/h11H,4-6H2,1-3H3. The highest BCUT2D eigenvalue weighted by Gasteiger charge is 2.11. The minimum atomic E-state index is 0.634. The molecule has 0 aliphatic rings. The number of aryl methyl sites for hydroxylation is 1. The first-order valence-corrected chi connectivity index (χ1v) is 6.70. The van der Waals surface area contributed by atoms with Crippen molar-refractivity contribution in [3.05, 3.63) is 17.5 Å². The molecule has 2 rings (SSSR count). The lowest BCUT2D eigenvalue weighted by atomic mass is 10.5. The molecule has 0 saturated heterocycles. The summed E-state index contributed by atoms with van der Waals surface area (Å²) in [7, 11) is 3.83. The Kier molecular flexibility index (Phi) is 4.32. The molecule has 0 spiro atoms. The number of nitrogens with one attached hydrogen (secondary N) is 1. The third-order valence-corrected chi connectivity index (χ3v) is 3.42. The largest absolute Gasteiger partial charge is 0.339 e. The zero-order chi connectivity index (χ0) is 13.0. The Hall–Kier alpha value is -1.41. The second kappa shape index (κ2) is 5.96. The highest BCUT2D eigenvalue weighted by Crippen LogP contribution is 2.19. The first-order chi connectivity index (χ1) is 8.74. The third-order valence-electron chi connectivity index (χ3n) is 2.40. The zero-order valence-corrected chi connectivity index (χ0v) is 11.5. The van der Waals surface area contributed by atoms with Crippen molar-refractivity contribution < 1.29 is 4.52 Å². The fourth-order valence-electron chi connectivity index (χ4n) is 1.40. The number of thioether (sulfide) groups is 1. The third kappa shape index (κ3) is 2.88. The molecule has 98 valence electrons. The summed E-state index contributed by atoms with van der Waals surface area (Å²) in [6.07, 6.45) is 0.758. The lowest BCUT2D eigenvalue weighted by Gasteiger charge is -2.01. The number of rotatable bonds is 6. The van der Waals surface area contributed by atoms with Crippen LogP contribution in [0.25, 0.3) is 0 Å². The summed E-state index contributed by atoms with van der Waals surface area (Å²) in [6.45, 7) is 2.68.